The topological polar surface area (TPSA) is 34.0 Å². The van der Waals surface area contributed by atoms with E-state index in [1.807, 2.05) is 41.9 Å². The van der Waals surface area contributed by atoms with E-state index in [0.29, 0.717) is 0 Å². The maximum atomic E-state index is 4.91. The first-order chi connectivity index (χ1) is 21.9. The summed E-state index contributed by atoms with van der Waals surface area (Å²) >= 11 is 1.88. The molecule has 0 unspecified atom stereocenters. The molecule has 3 aromatic heterocycles. The number of para-hydroxylation sites is 2. The highest BCUT2D eigenvalue weighted by atomic mass is 32.1. The molecule has 0 aliphatic carbocycles. The molecule has 0 radical (unpaired) electrons. The highest BCUT2D eigenvalue weighted by Gasteiger charge is 2.43. The molecule has 5 aromatic carbocycles. The number of thiophene rings is 1. The molecule has 1 aliphatic heterocycles. The van der Waals surface area contributed by atoms with Crippen molar-refractivity contribution < 1.29 is 0 Å². The summed E-state index contributed by atoms with van der Waals surface area (Å²) < 4.78 is 5.04. The predicted molar refractivity (Wildman–Crippen MR) is 185 cm³/mol. The molecule has 4 heterocycles. The van der Waals surface area contributed by atoms with Crippen molar-refractivity contribution in [3.05, 3.63) is 152 Å². The highest BCUT2D eigenvalue weighted by Crippen LogP contribution is 2.50. The van der Waals surface area contributed by atoms with Crippen LogP contribution < -0.4 is 15.1 Å². The molecule has 206 valence electrons. The van der Waals surface area contributed by atoms with Gasteiger partial charge in [-0.1, -0.05) is 115 Å². The fourth-order valence-corrected chi connectivity index (χ4v) is 8.01. The van der Waals surface area contributed by atoms with Crippen LogP contribution in [-0.2, 0) is 0 Å². The number of nitrogens with zero attached hydrogens (tertiary/aromatic N) is 4. The zero-order chi connectivity index (χ0) is 29.0. The molecule has 0 N–H and O–H groups in total. The Morgan fingerprint density at radius 1 is 0.568 bits per heavy atom. The van der Waals surface area contributed by atoms with Crippen LogP contribution in [0.2, 0.25) is 0 Å². The van der Waals surface area contributed by atoms with Gasteiger partial charge in [0.05, 0.1) is 35.0 Å². The Labute approximate surface area is 259 Å². The number of benzene rings is 5. The zero-order valence-corrected chi connectivity index (χ0v) is 24.5. The summed E-state index contributed by atoms with van der Waals surface area (Å²) in [4.78, 5) is 12.3. The van der Waals surface area contributed by atoms with Crippen molar-refractivity contribution in [2.24, 2.45) is 0 Å². The summed E-state index contributed by atoms with van der Waals surface area (Å²) in [5, 5.41) is 2.48. The minimum Gasteiger partial charge on any atom is -0.372 e. The molecule has 9 rings (SSSR count). The van der Waals surface area contributed by atoms with Crippen molar-refractivity contribution in [3.8, 4) is 28.3 Å². The molecule has 0 spiro atoms. The van der Waals surface area contributed by atoms with Gasteiger partial charge in [-0.25, -0.2) is 9.97 Å². The maximum absolute atomic E-state index is 4.91. The van der Waals surface area contributed by atoms with E-state index < -0.39 is 0 Å². The average Bonchev–Trinajstić information content (AvgIpc) is 3.65. The van der Waals surface area contributed by atoms with E-state index >= 15 is 0 Å². The fourth-order valence-electron chi connectivity index (χ4n) is 6.69. The third-order valence-electron chi connectivity index (χ3n) is 8.53. The molecule has 0 bridgehead atoms. The van der Waals surface area contributed by atoms with Crippen LogP contribution in [0.3, 0.4) is 0 Å². The lowest BCUT2D eigenvalue weighted by molar-refractivity contribution is 1.12. The summed E-state index contributed by atoms with van der Waals surface area (Å²) in [5.41, 5.74) is 9.17. The van der Waals surface area contributed by atoms with Crippen molar-refractivity contribution in [1.29, 1.82) is 0 Å². The van der Waals surface area contributed by atoms with Gasteiger partial charge in [0.2, 0.25) is 0 Å². The first-order valence-corrected chi connectivity index (χ1v) is 15.6. The molecule has 0 fully saturated rings. The number of hydrogen-bond donors (Lipinski definition) is 0. The smallest absolute Gasteiger partial charge is 0.339 e. The Hall–Kier alpha value is -5.46. The second-order valence-corrected chi connectivity index (χ2v) is 12.1. The summed E-state index contributed by atoms with van der Waals surface area (Å²) in [5.74, 6) is 0.720. The van der Waals surface area contributed by atoms with Crippen molar-refractivity contribution in [2.75, 3.05) is 4.81 Å². The van der Waals surface area contributed by atoms with Crippen LogP contribution in [-0.4, -0.2) is 21.4 Å². The molecular formula is C38H25BN4S. The van der Waals surface area contributed by atoms with Crippen LogP contribution in [0, 0.1) is 0 Å². The maximum Gasteiger partial charge on any atom is 0.339 e. The van der Waals surface area contributed by atoms with E-state index in [4.69, 9.17) is 9.97 Å². The summed E-state index contributed by atoms with van der Waals surface area (Å²) in [6, 6.07) is 49.3. The molecule has 0 saturated carbocycles. The van der Waals surface area contributed by atoms with Crippen molar-refractivity contribution in [2.45, 2.75) is 0 Å². The van der Waals surface area contributed by atoms with E-state index in [1.54, 1.807) is 0 Å². The second kappa shape index (κ2) is 10.1. The van der Waals surface area contributed by atoms with Crippen LogP contribution in [0.4, 0.5) is 11.4 Å². The lowest BCUT2D eigenvalue weighted by Crippen LogP contribution is -2.56. The Morgan fingerprint density at radius 2 is 1.18 bits per heavy atom. The van der Waals surface area contributed by atoms with Crippen molar-refractivity contribution in [1.82, 2.24) is 14.5 Å². The van der Waals surface area contributed by atoms with E-state index in [9.17, 15) is 0 Å². The molecule has 1 aliphatic rings. The molecule has 4 nitrogen and oxygen atoms in total. The van der Waals surface area contributed by atoms with Crippen LogP contribution in [0.15, 0.2) is 152 Å². The van der Waals surface area contributed by atoms with E-state index in [1.165, 1.54) is 48.2 Å². The van der Waals surface area contributed by atoms with Crippen molar-refractivity contribution in [3.63, 3.8) is 0 Å². The number of rotatable bonds is 4. The van der Waals surface area contributed by atoms with Gasteiger partial charge in [0.15, 0.2) is 5.82 Å². The normalized spacial score (nSPS) is 12.5. The van der Waals surface area contributed by atoms with Gasteiger partial charge in [-0.15, -0.1) is 11.3 Å². The van der Waals surface area contributed by atoms with Crippen molar-refractivity contribution >= 4 is 60.8 Å². The third kappa shape index (κ3) is 3.78. The van der Waals surface area contributed by atoms with Gasteiger partial charge in [0.25, 0.3) is 0 Å². The SMILES string of the molecule is c1ccc(B2c3sc4ccccc4c3-c3c(c4ccccc4n3-c3ccccc3)N2c2cnc(-c3ccccc3)nc2)cc1. The van der Waals surface area contributed by atoms with Crippen LogP contribution in [0.25, 0.3) is 49.3 Å². The Balaban J connectivity index is 1.41. The molecule has 6 heteroatoms. The quantitative estimate of drug-likeness (QED) is 0.197. The standard InChI is InChI=1S/C38H25BN4S/c1-4-14-26(15-5-1)38-40-24-29(25-41-38)43-35-30-20-10-12-22-32(30)42(28-18-8-3-9-19-28)36(35)34-31-21-11-13-23-33(31)44-37(34)39(43)27-16-6-2-7-17-27/h1-25H. The first kappa shape index (κ1) is 25.1. The second-order valence-electron chi connectivity index (χ2n) is 11.0. The molecule has 0 atom stereocenters. The number of aromatic nitrogens is 3. The fraction of sp³-hybridized carbons (Fsp3) is 0. The number of hydrogen-bond acceptors (Lipinski definition) is 4. The van der Waals surface area contributed by atoms with Crippen LogP contribution in [0.5, 0.6) is 0 Å². The van der Waals surface area contributed by atoms with Gasteiger partial charge in [-0.2, -0.15) is 0 Å². The van der Waals surface area contributed by atoms with Crippen LogP contribution in [0.1, 0.15) is 0 Å². The summed E-state index contributed by atoms with van der Waals surface area (Å²) in [6.45, 7) is -0.0581. The highest BCUT2D eigenvalue weighted by molar-refractivity contribution is 7.32. The van der Waals surface area contributed by atoms with Gasteiger partial charge >= 0.3 is 6.85 Å². The van der Waals surface area contributed by atoms with Gasteiger partial charge < -0.3 is 9.38 Å². The predicted octanol–water partition coefficient (Wildman–Crippen LogP) is 8.23. The minimum absolute atomic E-state index is 0.0581. The zero-order valence-electron chi connectivity index (χ0n) is 23.7. The average molecular weight is 581 g/mol. The lowest BCUT2D eigenvalue weighted by Gasteiger charge is -2.36. The molecule has 8 aromatic rings. The van der Waals surface area contributed by atoms with Gasteiger partial charge in [-0.3, -0.25) is 0 Å². The minimum atomic E-state index is -0.0581. The largest absolute Gasteiger partial charge is 0.372 e. The summed E-state index contributed by atoms with van der Waals surface area (Å²) in [7, 11) is 0. The lowest BCUT2D eigenvalue weighted by atomic mass is 9.50. The Morgan fingerprint density at radius 3 is 1.93 bits per heavy atom. The first-order valence-electron chi connectivity index (χ1n) is 14.8. The molecular weight excluding hydrogens is 555 g/mol. The Kier molecular flexibility index (Phi) is 5.74. The summed E-state index contributed by atoms with van der Waals surface area (Å²) in [6.07, 6.45) is 3.98. The van der Waals surface area contributed by atoms with E-state index in [2.05, 4.69) is 131 Å². The molecule has 44 heavy (non-hydrogen) atoms. The van der Waals surface area contributed by atoms with E-state index in [0.717, 1.165) is 22.8 Å². The van der Waals surface area contributed by atoms with Gasteiger partial charge in [0.1, 0.15) is 0 Å². The van der Waals surface area contributed by atoms with Gasteiger partial charge in [0, 0.05) is 37.1 Å². The Bertz CT molecular complexity index is 2280. The number of fused-ring (bicyclic) bond motifs is 7. The van der Waals surface area contributed by atoms with E-state index in [-0.39, 0.29) is 6.85 Å². The van der Waals surface area contributed by atoms with Crippen LogP contribution >= 0.6 is 11.3 Å². The van der Waals surface area contributed by atoms with Gasteiger partial charge in [-0.05, 0) is 29.7 Å². The molecule has 0 amide bonds. The number of anilines is 2. The monoisotopic (exact) mass is 580 g/mol. The third-order valence-corrected chi connectivity index (χ3v) is 9.76. The molecule has 0 saturated heterocycles.